The van der Waals surface area contributed by atoms with E-state index in [0.29, 0.717) is 0 Å². The second-order valence-corrected chi connectivity index (χ2v) is 4.47. The van der Waals surface area contributed by atoms with E-state index in [-0.39, 0.29) is 5.41 Å². The first-order chi connectivity index (χ1) is 5.09. The molecule has 0 saturated heterocycles. The summed E-state index contributed by atoms with van der Waals surface area (Å²) in [5, 5.41) is 0. The molecule has 1 aliphatic carbocycles. The fourth-order valence-electron chi connectivity index (χ4n) is 1.78. The Kier molecular flexibility index (Phi) is 2.36. The van der Waals surface area contributed by atoms with Crippen LogP contribution in [0.25, 0.3) is 0 Å². The molecule has 0 radical (unpaired) electrons. The molecular formula is C10H18O. The molecule has 11 heavy (non-hydrogen) atoms. The summed E-state index contributed by atoms with van der Waals surface area (Å²) < 4.78 is 0. The Bertz CT molecular complexity index is 149. The Morgan fingerprint density at radius 2 is 2.09 bits per heavy atom. The van der Waals surface area contributed by atoms with Crippen molar-refractivity contribution in [2.45, 2.75) is 40.0 Å². The summed E-state index contributed by atoms with van der Waals surface area (Å²) >= 11 is 0. The fourth-order valence-corrected chi connectivity index (χ4v) is 1.78. The molecule has 0 N–H and O–H groups in total. The van der Waals surface area contributed by atoms with Crippen molar-refractivity contribution in [2.75, 3.05) is 0 Å². The van der Waals surface area contributed by atoms with Crippen LogP contribution in [0.15, 0.2) is 0 Å². The highest BCUT2D eigenvalue weighted by atomic mass is 16.1. The summed E-state index contributed by atoms with van der Waals surface area (Å²) in [4.78, 5) is 10.6. The van der Waals surface area contributed by atoms with Gasteiger partial charge in [-0.1, -0.05) is 27.2 Å². The zero-order valence-corrected chi connectivity index (χ0v) is 7.76. The van der Waals surface area contributed by atoms with E-state index in [9.17, 15) is 4.79 Å². The molecule has 2 unspecified atom stereocenters. The SMILES string of the molecule is CCC1CC1CC(C)(C)C=O. The molecule has 0 aliphatic heterocycles. The van der Waals surface area contributed by atoms with Crippen molar-refractivity contribution < 1.29 is 4.79 Å². The van der Waals surface area contributed by atoms with Crippen LogP contribution in [0.1, 0.15) is 40.0 Å². The van der Waals surface area contributed by atoms with Gasteiger partial charge in [-0.25, -0.2) is 0 Å². The van der Waals surface area contributed by atoms with Crippen LogP contribution in [0.4, 0.5) is 0 Å². The van der Waals surface area contributed by atoms with Crippen LogP contribution >= 0.6 is 0 Å². The molecule has 1 aliphatic rings. The minimum absolute atomic E-state index is 0.0748. The predicted molar refractivity (Wildman–Crippen MR) is 46.4 cm³/mol. The number of rotatable bonds is 4. The second-order valence-electron chi connectivity index (χ2n) is 4.47. The van der Waals surface area contributed by atoms with E-state index >= 15 is 0 Å². The standard InChI is InChI=1S/C10H18O/c1-4-8-5-9(8)6-10(2,3)7-11/h7-9H,4-6H2,1-3H3. The first-order valence-corrected chi connectivity index (χ1v) is 4.55. The van der Waals surface area contributed by atoms with E-state index in [2.05, 4.69) is 6.92 Å². The topological polar surface area (TPSA) is 17.1 Å². The van der Waals surface area contributed by atoms with E-state index in [1.165, 1.54) is 12.8 Å². The lowest BCUT2D eigenvalue weighted by Gasteiger charge is -2.15. The van der Waals surface area contributed by atoms with Gasteiger partial charge in [0, 0.05) is 5.41 Å². The summed E-state index contributed by atoms with van der Waals surface area (Å²) in [6.45, 7) is 6.30. The van der Waals surface area contributed by atoms with Crippen molar-refractivity contribution in [3.63, 3.8) is 0 Å². The Balaban J connectivity index is 2.27. The van der Waals surface area contributed by atoms with Crippen molar-refractivity contribution in [1.82, 2.24) is 0 Å². The summed E-state index contributed by atoms with van der Waals surface area (Å²) in [5.41, 5.74) is -0.0748. The third-order valence-electron chi connectivity index (χ3n) is 2.70. The molecule has 2 atom stereocenters. The first-order valence-electron chi connectivity index (χ1n) is 4.55. The van der Waals surface area contributed by atoms with Gasteiger partial charge in [-0.3, -0.25) is 0 Å². The van der Waals surface area contributed by atoms with E-state index in [1.807, 2.05) is 13.8 Å². The van der Waals surface area contributed by atoms with Crippen LogP contribution in [-0.2, 0) is 4.79 Å². The van der Waals surface area contributed by atoms with Gasteiger partial charge in [0.15, 0.2) is 0 Å². The van der Waals surface area contributed by atoms with E-state index in [1.54, 1.807) is 0 Å². The maximum atomic E-state index is 10.6. The zero-order valence-electron chi connectivity index (χ0n) is 7.76. The zero-order chi connectivity index (χ0) is 8.48. The van der Waals surface area contributed by atoms with Gasteiger partial charge < -0.3 is 4.79 Å². The Hall–Kier alpha value is -0.330. The lowest BCUT2D eigenvalue weighted by Crippen LogP contribution is -2.13. The number of hydrogen-bond acceptors (Lipinski definition) is 1. The molecule has 0 amide bonds. The number of carbonyl (C=O) groups excluding carboxylic acids is 1. The fraction of sp³-hybridized carbons (Fsp3) is 0.900. The summed E-state index contributed by atoms with van der Waals surface area (Å²) in [6, 6.07) is 0. The van der Waals surface area contributed by atoms with Crippen molar-refractivity contribution in [3.05, 3.63) is 0 Å². The van der Waals surface area contributed by atoms with Gasteiger partial charge in [-0.15, -0.1) is 0 Å². The Labute approximate surface area is 69.2 Å². The largest absolute Gasteiger partial charge is 0.303 e. The normalized spacial score (nSPS) is 30.1. The van der Waals surface area contributed by atoms with Crippen LogP contribution in [0.3, 0.4) is 0 Å². The molecule has 0 aromatic rings. The molecule has 0 heterocycles. The Morgan fingerprint density at radius 1 is 1.45 bits per heavy atom. The van der Waals surface area contributed by atoms with E-state index in [4.69, 9.17) is 0 Å². The molecule has 0 bridgehead atoms. The molecular weight excluding hydrogens is 136 g/mol. The molecule has 0 spiro atoms. The first kappa shape index (κ1) is 8.76. The van der Waals surface area contributed by atoms with E-state index < -0.39 is 0 Å². The quantitative estimate of drug-likeness (QED) is 0.569. The lowest BCUT2D eigenvalue weighted by molar-refractivity contribution is -0.115. The summed E-state index contributed by atoms with van der Waals surface area (Å²) in [6.07, 6.45) is 4.83. The minimum Gasteiger partial charge on any atom is -0.303 e. The van der Waals surface area contributed by atoms with Gasteiger partial charge in [0.1, 0.15) is 6.29 Å². The molecule has 1 rings (SSSR count). The van der Waals surface area contributed by atoms with Crippen LogP contribution in [0.2, 0.25) is 0 Å². The van der Waals surface area contributed by atoms with Crippen molar-refractivity contribution >= 4 is 6.29 Å². The maximum absolute atomic E-state index is 10.6. The number of hydrogen-bond donors (Lipinski definition) is 0. The molecule has 1 fully saturated rings. The van der Waals surface area contributed by atoms with Crippen molar-refractivity contribution in [1.29, 1.82) is 0 Å². The monoisotopic (exact) mass is 154 g/mol. The van der Waals surface area contributed by atoms with Crippen molar-refractivity contribution in [2.24, 2.45) is 17.3 Å². The van der Waals surface area contributed by atoms with Crippen LogP contribution < -0.4 is 0 Å². The maximum Gasteiger partial charge on any atom is 0.125 e. The summed E-state index contributed by atoms with van der Waals surface area (Å²) in [5.74, 6) is 1.77. The predicted octanol–water partition coefficient (Wildman–Crippen LogP) is 2.65. The molecule has 0 aromatic heterocycles. The Morgan fingerprint density at radius 3 is 2.45 bits per heavy atom. The van der Waals surface area contributed by atoms with Gasteiger partial charge in [0.05, 0.1) is 0 Å². The molecule has 0 aromatic carbocycles. The van der Waals surface area contributed by atoms with E-state index in [0.717, 1.165) is 24.5 Å². The van der Waals surface area contributed by atoms with Crippen molar-refractivity contribution in [3.8, 4) is 0 Å². The van der Waals surface area contributed by atoms with Gasteiger partial charge in [0.25, 0.3) is 0 Å². The smallest absolute Gasteiger partial charge is 0.125 e. The van der Waals surface area contributed by atoms with Crippen LogP contribution in [0.5, 0.6) is 0 Å². The molecule has 1 heteroatoms. The number of aldehydes is 1. The highest BCUT2D eigenvalue weighted by Gasteiger charge is 2.38. The molecule has 1 nitrogen and oxygen atoms in total. The van der Waals surface area contributed by atoms with Crippen LogP contribution in [-0.4, -0.2) is 6.29 Å². The van der Waals surface area contributed by atoms with Gasteiger partial charge >= 0.3 is 0 Å². The van der Waals surface area contributed by atoms with Gasteiger partial charge in [-0.2, -0.15) is 0 Å². The summed E-state index contributed by atoms with van der Waals surface area (Å²) in [7, 11) is 0. The highest BCUT2D eigenvalue weighted by Crippen LogP contribution is 2.47. The third kappa shape index (κ3) is 2.32. The molecule has 1 saturated carbocycles. The van der Waals surface area contributed by atoms with Gasteiger partial charge in [-0.05, 0) is 24.7 Å². The average Bonchev–Trinajstić information content (AvgIpc) is 2.67. The minimum atomic E-state index is -0.0748. The molecule has 64 valence electrons. The highest BCUT2D eigenvalue weighted by molar-refractivity contribution is 5.57. The van der Waals surface area contributed by atoms with Crippen LogP contribution in [0, 0.1) is 17.3 Å². The lowest BCUT2D eigenvalue weighted by atomic mass is 9.88. The van der Waals surface area contributed by atoms with Gasteiger partial charge in [0.2, 0.25) is 0 Å². The number of carbonyl (C=O) groups is 1. The third-order valence-corrected chi connectivity index (χ3v) is 2.70. The average molecular weight is 154 g/mol. The second kappa shape index (κ2) is 2.96.